The number of carbonyl (C=O) groups excluding carboxylic acids is 1. The van der Waals surface area contributed by atoms with Crippen molar-refractivity contribution in [1.82, 2.24) is 4.90 Å². The molecule has 0 aromatic heterocycles. The van der Waals surface area contributed by atoms with Gasteiger partial charge in [-0.2, -0.15) is 0 Å². The molecule has 3 nitrogen and oxygen atoms in total. The molecule has 1 amide bonds. The highest BCUT2D eigenvalue weighted by Gasteiger charge is 2.27. The van der Waals surface area contributed by atoms with Gasteiger partial charge in [0.2, 0.25) is 5.91 Å². The smallest absolute Gasteiger partial charge is 0.222 e. The highest BCUT2D eigenvalue weighted by molar-refractivity contribution is 5.76. The monoisotopic (exact) mass is 254 g/mol. The van der Waals surface area contributed by atoms with Crippen LogP contribution in [0.25, 0.3) is 0 Å². The lowest BCUT2D eigenvalue weighted by molar-refractivity contribution is -0.135. The Morgan fingerprint density at radius 3 is 2.61 bits per heavy atom. The van der Waals surface area contributed by atoms with E-state index in [1.807, 2.05) is 0 Å². The number of likely N-dealkylation sites (tertiary alicyclic amines) is 1. The first-order valence-corrected chi connectivity index (χ1v) is 7.68. The van der Waals surface area contributed by atoms with E-state index in [-0.39, 0.29) is 0 Å². The number of hydrogen-bond acceptors (Lipinski definition) is 2. The molecule has 1 fully saturated rings. The third-order valence-electron chi connectivity index (χ3n) is 4.13. The van der Waals surface area contributed by atoms with Crippen LogP contribution < -0.4 is 5.73 Å². The van der Waals surface area contributed by atoms with E-state index in [2.05, 4.69) is 18.7 Å². The Kier molecular flexibility index (Phi) is 7.33. The van der Waals surface area contributed by atoms with E-state index in [9.17, 15) is 4.79 Å². The molecule has 3 heteroatoms. The van der Waals surface area contributed by atoms with Crippen molar-refractivity contribution in [2.45, 2.75) is 71.3 Å². The third kappa shape index (κ3) is 4.97. The summed E-state index contributed by atoms with van der Waals surface area (Å²) >= 11 is 0. The standard InChI is InChI=1S/C15H30N2O/c1-3-4-5-6-7-8-15(18)17-12-14(11-16)10-9-13(17)2/h13-14H,3-12,16H2,1-2H3. The minimum absolute atomic E-state index is 0.345. The molecule has 2 unspecified atom stereocenters. The van der Waals surface area contributed by atoms with Crippen molar-refractivity contribution in [1.29, 1.82) is 0 Å². The second kappa shape index (κ2) is 8.52. The van der Waals surface area contributed by atoms with E-state index < -0.39 is 0 Å². The van der Waals surface area contributed by atoms with Gasteiger partial charge in [-0.15, -0.1) is 0 Å². The molecule has 18 heavy (non-hydrogen) atoms. The summed E-state index contributed by atoms with van der Waals surface area (Å²) < 4.78 is 0. The summed E-state index contributed by atoms with van der Waals surface area (Å²) in [4.78, 5) is 14.3. The minimum atomic E-state index is 0.345. The molecular weight excluding hydrogens is 224 g/mol. The van der Waals surface area contributed by atoms with Crippen LogP contribution in [-0.2, 0) is 4.79 Å². The maximum Gasteiger partial charge on any atom is 0.222 e. The van der Waals surface area contributed by atoms with E-state index in [1.54, 1.807) is 0 Å². The lowest BCUT2D eigenvalue weighted by Crippen LogP contribution is -2.47. The molecule has 2 atom stereocenters. The normalized spacial score (nSPS) is 24.3. The van der Waals surface area contributed by atoms with E-state index in [4.69, 9.17) is 5.73 Å². The predicted octanol–water partition coefficient (Wildman–Crippen LogP) is 2.93. The van der Waals surface area contributed by atoms with Gasteiger partial charge >= 0.3 is 0 Å². The molecule has 0 aromatic rings. The molecule has 106 valence electrons. The zero-order valence-electron chi connectivity index (χ0n) is 12.2. The van der Waals surface area contributed by atoms with Gasteiger partial charge in [0.1, 0.15) is 0 Å². The van der Waals surface area contributed by atoms with Crippen molar-refractivity contribution in [2.75, 3.05) is 13.1 Å². The molecule has 2 N–H and O–H groups in total. The Morgan fingerprint density at radius 2 is 1.94 bits per heavy atom. The molecule has 0 spiro atoms. The van der Waals surface area contributed by atoms with Crippen LogP contribution in [0.2, 0.25) is 0 Å². The minimum Gasteiger partial charge on any atom is -0.340 e. The van der Waals surface area contributed by atoms with Crippen LogP contribution in [0.5, 0.6) is 0 Å². The topological polar surface area (TPSA) is 46.3 Å². The Hall–Kier alpha value is -0.570. The van der Waals surface area contributed by atoms with Crippen molar-refractivity contribution in [3.63, 3.8) is 0 Å². The van der Waals surface area contributed by atoms with Crippen molar-refractivity contribution in [2.24, 2.45) is 11.7 Å². The molecular formula is C15H30N2O. The van der Waals surface area contributed by atoms with Crippen molar-refractivity contribution >= 4 is 5.91 Å². The Bertz CT molecular complexity index is 243. The van der Waals surface area contributed by atoms with E-state index in [0.29, 0.717) is 24.4 Å². The van der Waals surface area contributed by atoms with Crippen LogP contribution in [0.3, 0.4) is 0 Å². The Morgan fingerprint density at radius 1 is 1.22 bits per heavy atom. The van der Waals surface area contributed by atoms with Gasteiger partial charge in [0.25, 0.3) is 0 Å². The van der Waals surface area contributed by atoms with Gasteiger partial charge in [-0.25, -0.2) is 0 Å². The summed E-state index contributed by atoms with van der Waals surface area (Å²) in [6.07, 6.45) is 9.09. The summed E-state index contributed by atoms with van der Waals surface area (Å²) in [6, 6.07) is 0.413. The highest BCUT2D eigenvalue weighted by atomic mass is 16.2. The number of piperidine rings is 1. The maximum absolute atomic E-state index is 12.2. The third-order valence-corrected chi connectivity index (χ3v) is 4.13. The first-order valence-electron chi connectivity index (χ1n) is 7.68. The van der Waals surface area contributed by atoms with Crippen molar-refractivity contribution in [3.05, 3.63) is 0 Å². The number of rotatable bonds is 7. The SMILES string of the molecule is CCCCCCCC(=O)N1CC(CN)CCC1C. The van der Waals surface area contributed by atoms with Crippen LogP contribution >= 0.6 is 0 Å². The van der Waals surface area contributed by atoms with Gasteiger partial charge in [0, 0.05) is 19.0 Å². The fourth-order valence-electron chi connectivity index (χ4n) is 2.75. The van der Waals surface area contributed by atoms with Crippen LogP contribution in [0.1, 0.15) is 65.2 Å². The quantitative estimate of drug-likeness (QED) is 0.710. The summed E-state index contributed by atoms with van der Waals surface area (Å²) in [5.74, 6) is 0.863. The summed E-state index contributed by atoms with van der Waals surface area (Å²) in [7, 11) is 0. The largest absolute Gasteiger partial charge is 0.340 e. The lowest BCUT2D eigenvalue weighted by Gasteiger charge is -2.37. The van der Waals surface area contributed by atoms with E-state index in [1.165, 1.54) is 32.1 Å². The first kappa shape index (κ1) is 15.5. The molecule has 0 bridgehead atoms. The zero-order valence-corrected chi connectivity index (χ0v) is 12.2. The van der Waals surface area contributed by atoms with Crippen LogP contribution in [-0.4, -0.2) is 29.9 Å². The van der Waals surface area contributed by atoms with Crippen LogP contribution in [0, 0.1) is 5.92 Å². The molecule has 1 rings (SSSR count). The molecule has 0 radical (unpaired) electrons. The average Bonchev–Trinajstić information content (AvgIpc) is 2.39. The number of carbonyl (C=O) groups is 1. The zero-order chi connectivity index (χ0) is 13.4. The first-order chi connectivity index (χ1) is 8.69. The molecule has 0 saturated carbocycles. The fourth-order valence-corrected chi connectivity index (χ4v) is 2.75. The van der Waals surface area contributed by atoms with Crippen LogP contribution in [0.4, 0.5) is 0 Å². The van der Waals surface area contributed by atoms with Crippen LogP contribution in [0.15, 0.2) is 0 Å². The molecule has 1 heterocycles. The molecule has 1 aliphatic rings. The van der Waals surface area contributed by atoms with E-state index in [0.717, 1.165) is 25.8 Å². The Labute approximate surface area is 112 Å². The van der Waals surface area contributed by atoms with Gasteiger partial charge < -0.3 is 10.6 Å². The number of nitrogens with zero attached hydrogens (tertiary/aromatic N) is 1. The molecule has 0 aliphatic carbocycles. The fraction of sp³-hybridized carbons (Fsp3) is 0.933. The number of amides is 1. The van der Waals surface area contributed by atoms with E-state index >= 15 is 0 Å². The second-order valence-electron chi connectivity index (χ2n) is 5.74. The number of nitrogens with two attached hydrogens (primary N) is 1. The number of hydrogen-bond donors (Lipinski definition) is 1. The second-order valence-corrected chi connectivity index (χ2v) is 5.74. The van der Waals surface area contributed by atoms with Gasteiger partial charge in [0.15, 0.2) is 0 Å². The number of unbranched alkanes of at least 4 members (excludes halogenated alkanes) is 4. The van der Waals surface area contributed by atoms with Gasteiger partial charge in [-0.3, -0.25) is 4.79 Å². The van der Waals surface area contributed by atoms with Gasteiger partial charge in [0.05, 0.1) is 0 Å². The Balaban J connectivity index is 2.26. The predicted molar refractivity (Wildman–Crippen MR) is 76.3 cm³/mol. The van der Waals surface area contributed by atoms with Crippen molar-refractivity contribution < 1.29 is 4.79 Å². The van der Waals surface area contributed by atoms with Gasteiger partial charge in [-0.1, -0.05) is 32.6 Å². The molecule has 1 saturated heterocycles. The van der Waals surface area contributed by atoms with Crippen molar-refractivity contribution in [3.8, 4) is 0 Å². The summed E-state index contributed by atoms with van der Waals surface area (Å²) in [5, 5.41) is 0. The van der Waals surface area contributed by atoms with Gasteiger partial charge in [-0.05, 0) is 38.6 Å². The maximum atomic E-state index is 12.2. The lowest BCUT2D eigenvalue weighted by atomic mass is 9.93. The average molecular weight is 254 g/mol. The highest BCUT2D eigenvalue weighted by Crippen LogP contribution is 2.22. The summed E-state index contributed by atoms with van der Waals surface area (Å²) in [6.45, 7) is 5.98. The molecule has 0 aromatic carbocycles. The summed E-state index contributed by atoms with van der Waals surface area (Å²) in [5.41, 5.74) is 5.73. The molecule has 1 aliphatic heterocycles.